The van der Waals surface area contributed by atoms with Crippen molar-refractivity contribution in [1.29, 1.82) is 0 Å². The Hall–Kier alpha value is -2.44. The molecular formula is C21H25FN2O3. The number of hydrogen-bond donors (Lipinski definition) is 2. The molecule has 0 aliphatic heterocycles. The zero-order valence-corrected chi connectivity index (χ0v) is 15.4. The standard InChI is InChI=1S/C21H25FN2O3/c1-15(25)23-18-6-10-21(11-7-18)27-14-20(26)13-24(19-8-9-19)12-16-2-4-17(22)5-3-16/h2-7,10-11,19-20,26H,8-9,12-14H2,1H3,(H,23,25). The molecule has 1 aliphatic carbocycles. The van der Waals surface area contributed by atoms with Crippen LogP contribution in [0, 0.1) is 5.82 Å². The number of nitrogens with one attached hydrogen (secondary N) is 1. The van der Waals surface area contributed by atoms with Gasteiger partial charge in [-0.25, -0.2) is 4.39 Å². The topological polar surface area (TPSA) is 61.8 Å². The molecule has 144 valence electrons. The molecule has 27 heavy (non-hydrogen) atoms. The molecule has 0 heterocycles. The van der Waals surface area contributed by atoms with Crippen molar-refractivity contribution in [2.45, 2.75) is 38.5 Å². The van der Waals surface area contributed by atoms with Gasteiger partial charge in [0, 0.05) is 31.7 Å². The van der Waals surface area contributed by atoms with Crippen LogP contribution in [0.3, 0.4) is 0 Å². The summed E-state index contributed by atoms with van der Waals surface area (Å²) in [6.07, 6.45) is 1.62. The lowest BCUT2D eigenvalue weighted by Gasteiger charge is -2.25. The second kappa shape index (κ2) is 8.97. The van der Waals surface area contributed by atoms with Crippen molar-refractivity contribution in [1.82, 2.24) is 4.90 Å². The lowest BCUT2D eigenvalue weighted by Crippen LogP contribution is -2.36. The minimum Gasteiger partial charge on any atom is -0.491 e. The molecule has 2 aromatic rings. The summed E-state index contributed by atoms with van der Waals surface area (Å²) < 4.78 is 18.7. The summed E-state index contributed by atoms with van der Waals surface area (Å²) >= 11 is 0. The molecule has 1 amide bonds. The van der Waals surface area contributed by atoms with Crippen LogP contribution in [0.4, 0.5) is 10.1 Å². The van der Waals surface area contributed by atoms with Gasteiger partial charge >= 0.3 is 0 Å². The molecule has 1 unspecified atom stereocenters. The van der Waals surface area contributed by atoms with Crippen molar-refractivity contribution in [2.24, 2.45) is 0 Å². The molecule has 0 bridgehead atoms. The summed E-state index contributed by atoms with van der Waals surface area (Å²) in [6.45, 7) is 2.84. The Balaban J connectivity index is 1.48. The number of carbonyl (C=O) groups is 1. The molecule has 0 saturated heterocycles. The van der Waals surface area contributed by atoms with Gasteiger partial charge in [0.15, 0.2) is 0 Å². The molecule has 3 rings (SSSR count). The van der Waals surface area contributed by atoms with Crippen molar-refractivity contribution in [3.05, 3.63) is 59.9 Å². The number of anilines is 1. The number of rotatable bonds is 9. The minimum absolute atomic E-state index is 0.125. The first kappa shape index (κ1) is 19.3. The van der Waals surface area contributed by atoms with Crippen LogP contribution in [0.15, 0.2) is 48.5 Å². The number of hydrogen-bond acceptors (Lipinski definition) is 4. The van der Waals surface area contributed by atoms with E-state index in [0.717, 1.165) is 18.4 Å². The second-order valence-electron chi connectivity index (χ2n) is 6.96. The Morgan fingerprint density at radius 1 is 1.22 bits per heavy atom. The Labute approximate surface area is 158 Å². The van der Waals surface area contributed by atoms with E-state index in [4.69, 9.17) is 4.74 Å². The highest BCUT2D eigenvalue weighted by Crippen LogP contribution is 2.28. The van der Waals surface area contributed by atoms with Crippen LogP contribution in [0.5, 0.6) is 5.75 Å². The fourth-order valence-electron chi connectivity index (χ4n) is 2.96. The van der Waals surface area contributed by atoms with Gasteiger partial charge in [-0.1, -0.05) is 12.1 Å². The number of amides is 1. The van der Waals surface area contributed by atoms with E-state index in [2.05, 4.69) is 10.2 Å². The van der Waals surface area contributed by atoms with E-state index in [0.29, 0.717) is 30.6 Å². The van der Waals surface area contributed by atoms with E-state index in [-0.39, 0.29) is 18.3 Å². The lowest BCUT2D eigenvalue weighted by molar-refractivity contribution is -0.114. The average molecular weight is 372 g/mol. The highest BCUT2D eigenvalue weighted by molar-refractivity contribution is 5.88. The lowest BCUT2D eigenvalue weighted by atomic mass is 10.2. The van der Waals surface area contributed by atoms with Gasteiger partial charge < -0.3 is 15.2 Å². The van der Waals surface area contributed by atoms with Gasteiger partial charge in [0.05, 0.1) is 0 Å². The van der Waals surface area contributed by atoms with Gasteiger partial charge in [0.25, 0.3) is 0 Å². The molecule has 1 saturated carbocycles. The predicted octanol–water partition coefficient (Wildman–Crippen LogP) is 3.19. The molecule has 0 spiro atoms. The zero-order chi connectivity index (χ0) is 19.2. The quantitative estimate of drug-likeness (QED) is 0.710. The van der Waals surface area contributed by atoms with Gasteiger partial charge in [-0.15, -0.1) is 0 Å². The van der Waals surface area contributed by atoms with Crippen molar-refractivity contribution >= 4 is 11.6 Å². The largest absolute Gasteiger partial charge is 0.491 e. The van der Waals surface area contributed by atoms with E-state index in [1.54, 1.807) is 36.4 Å². The van der Waals surface area contributed by atoms with E-state index in [9.17, 15) is 14.3 Å². The van der Waals surface area contributed by atoms with Crippen LogP contribution < -0.4 is 10.1 Å². The van der Waals surface area contributed by atoms with E-state index < -0.39 is 6.10 Å². The Bertz CT molecular complexity index is 745. The van der Waals surface area contributed by atoms with Crippen molar-refractivity contribution in [3.63, 3.8) is 0 Å². The summed E-state index contributed by atoms with van der Waals surface area (Å²) in [5.41, 5.74) is 1.74. The SMILES string of the molecule is CC(=O)Nc1ccc(OCC(O)CN(Cc2ccc(F)cc2)C2CC2)cc1. The fraction of sp³-hybridized carbons (Fsp3) is 0.381. The summed E-state index contributed by atoms with van der Waals surface area (Å²) in [5.74, 6) is 0.273. The number of aliphatic hydroxyl groups excluding tert-OH is 1. The first-order valence-electron chi connectivity index (χ1n) is 9.16. The van der Waals surface area contributed by atoms with Gasteiger partial charge in [-0.05, 0) is 54.8 Å². The number of aliphatic hydroxyl groups is 1. The first-order valence-corrected chi connectivity index (χ1v) is 9.16. The molecule has 5 nitrogen and oxygen atoms in total. The van der Waals surface area contributed by atoms with Crippen molar-refractivity contribution < 1.29 is 19.0 Å². The third kappa shape index (κ3) is 6.34. The van der Waals surface area contributed by atoms with Crippen molar-refractivity contribution in [2.75, 3.05) is 18.5 Å². The summed E-state index contributed by atoms with van der Waals surface area (Å²) in [7, 11) is 0. The minimum atomic E-state index is -0.624. The third-order valence-corrected chi connectivity index (χ3v) is 4.42. The molecule has 1 atom stereocenters. The maximum absolute atomic E-state index is 13.1. The van der Waals surface area contributed by atoms with Gasteiger partial charge in [0.2, 0.25) is 5.91 Å². The Kier molecular flexibility index (Phi) is 6.42. The fourth-order valence-corrected chi connectivity index (χ4v) is 2.96. The Morgan fingerprint density at radius 2 is 1.89 bits per heavy atom. The maximum atomic E-state index is 13.1. The molecule has 2 N–H and O–H groups in total. The monoisotopic (exact) mass is 372 g/mol. The highest BCUT2D eigenvalue weighted by Gasteiger charge is 2.30. The maximum Gasteiger partial charge on any atom is 0.221 e. The molecular weight excluding hydrogens is 347 g/mol. The van der Waals surface area contributed by atoms with Gasteiger partial charge in [0.1, 0.15) is 24.3 Å². The number of benzene rings is 2. The predicted molar refractivity (Wildman–Crippen MR) is 102 cm³/mol. The number of halogens is 1. The smallest absolute Gasteiger partial charge is 0.221 e. The van der Waals surface area contributed by atoms with Gasteiger partial charge in [-0.2, -0.15) is 0 Å². The number of ether oxygens (including phenoxy) is 1. The number of nitrogens with zero attached hydrogens (tertiary/aromatic N) is 1. The number of carbonyl (C=O) groups excluding carboxylic acids is 1. The third-order valence-electron chi connectivity index (χ3n) is 4.42. The molecule has 6 heteroatoms. The molecule has 0 aromatic heterocycles. The second-order valence-corrected chi connectivity index (χ2v) is 6.96. The van der Waals surface area contributed by atoms with E-state index in [1.807, 2.05) is 0 Å². The molecule has 0 radical (unpaired) electrons. The first-order chi connectivity index (χ1) is 13.0. The van der Waals surface area contributed by atoms with Crippen LogP contribution in [-0.2, 0) is 11.3 Å². The highest BCUT2D eigenvalue weighted by atomic mass is 19.1. The van der Waals surface area contributed by atoms with Crippen LogP contribution >= 0.6 is 0 Å². The summed E-state index contributed by atoms with van der Waals surface area (Å²) in [4.78, 5) is 13.2. The molecule has 1 aliphatic rings. The summed E-state index contributed by atoms with van der Waals surface area (Å²) in [6, 6.07) is 14.0. The summed E-state index contributed by atoms with van der Waals surface area (Å²) in [5, 5.41) is 13.1. The average Bonchev–Trinajstić information content (AvgIpc) is 3.47. The van der Waals surface area contributed by atoms with E-state index >= 15 is 0 Å². The van der Waals surface area contributed by atoms with Gasteiger partial charge in [-0.3, -0.25) is 9.69 Å². The van der Waals surface area contributed by atoms with Crippen LogP contribution in [-0.4, -0.2) is 41.2 Å². The van der Waals surface area contributed by atoms with Crippen molar-refractivity contribution in [3.8, 4) is 5.75 Å². The van der Waals surface area contributed by atoms with Crippen LogP contribution in [0.2, 0.25) is 0 Å². The normalized spacial score (nSPS) is 14.8. The van der Waals surface area contributed by atoms with E-state index in [1.165, 1.54) is 19.1 Å². The molecule has 2 aromatic carbocycles. The van der Waals surface area contributed by atoms with Crippen LogP contribution in [0.1, 0.15) is 25.3 Å². The Morgan fingerprint density at radius 3 is 2.48 bits per heavy atom. The molecule has 1 fully saturated rings. The van der Waals surface area contributed by atoms with Crippen LogP contribution in [0.25, 0.3) is 0 Å². The zero-order valence-electron chi connectivity index (χ0n) is 15.4.